The predicted octanol–water partition coefficient (Wildman–Crippen LogP) is 2.25. The first-order valence-corrected chi connectivity index (χ1v) is 9.82. The van der Waals surface area contributed by atoms with Gasteiger partial charge in [-0.2, -0.15) is 0 Å². The Balaban J connectivity index is 1.96. The van der Waals surface area contributed by atoms with E-state index in [2.05, 4.69) is 5.32 Å². The van der Waals surface area contributed by atoms with Crippen LogP contribution in [0.3, 0.4) is 0 Å². The van der Waals surface area contributed by atoms with Crippen molar-refractivity contribution in [3.63, 3.8) is 0 Å². The summed E-state index contributed by atoms with van der Waals surface area (Å²) in [6.07, 6.45) is -0.312. The summed E-state index contributed by atoms with van der Waals surface area (Å²) in [6.45, 7) is 5.29. The molecule has 146 valence electrons. The molecule has 2 heterocycles. The van der Waals surface area contributed by atoms with Gasteiger partial charge in [0, 0.05) is 12.2 Å². The molecule has 1 aromatic carbocycles. The minimum Gasteiger partial charge on any atom is -0.467 e. The molecule has 0 saturated carbocycles. The summed E-state index contributed by atoms with van der Waals surface area (Å²) in [6, 6.07) is 8.43. The third-order valence-electron chi connectivity index (χ3n) is 4.63. The Labute approximate surface area is 162 Å². The summed E-state index contributed by atoms with van der Waals surface area (Å²) in [5, 5.41) is 2.59. The van der Waals surface area contributed by atoms with E-state index in [1.807, 2.05) is 18.2 Å². The Morgan fingerprint density at radius 1 is 1.26 bits per heavy atom. The molecule has 8 heteroatoms. The standard InChI is InChI=1S/C19H24N2O5S/c1-18(2,3)26-17(24)20-19(12-8-6-5-7-9-12)10-14-21(16(19)23)13(11-27-14)15(22)25-4/h5-9,13-14H,10-11H2,1-4H3,(H,20,24)/t13-,14-,19-/m0/s1. The Kier molecular flexibility index (Phi) is 5.12. The molecule has 27 heavy (non-hydrogen) atoms. The van der Waals surface area contributed by atoms with Gasteiger partial charge < -0.3 is 19.7 Å². The molecule has 0 radical (unpaired) electrons. The lowest BCUT2D eigenvalue weighted by Gasteiger charge is -2.31. The number of benzene rings is 1. The highest BCUT2D eigenvalue weighted by Gasteiger charge is 2.59. The Morgan fingerprint density at radius 3 is 2.52 bits per heavy atom. The normalized spacial score (nSPS) is 27.3. The molecule has 2 aliphatic rings. The van der Waals surface area contributed by atoms with E-state index in [-0.39, 0.29) is 11.3 Å². The van der Waals surface area contributed by atoms with Crippen molar-refractivity contribution in [3.8, 4) is 0 Å². The van der Waals surface area contributed by atoms with E-state index in [1.54, 1.807) is 37.8 Å². The summed E-state index contributed by atoms with van der Waals surface area (Å²) in [7, 11) is 1.31. The minimum absolute atomic E-state index is 0.211. The fourth-order valence-corrected chi connectivity index (χ4v) is 4.97. The Hall–Kier alpha value is -2.22. The first-order chi connectivity index (χ1) is 12.7. The van der Waals surface area contributed by atoms with E-state index >= 15 is 0 Å². The van der Waals surface area contributed by atoms with E-state index in [0.717, 1.165) is 0 Å². The lowest BCUT2D eigenvalue weighted by atomic mass is 9.88. The number of fused-ring (bicyclic) bond motifs is 1. The monoisotopic (exact) mass is 392 g/mol. The van der Waals surface area contributed by atoms with Gasteiger partial charge in [-0.25, -0.2) is 9.59 Å². The zero-order chi connectivity index (χ0) is 19.8. The van der Waals surface area contributed by atoms with Gasteiger partial charge in [-0.05, 0) is 26.3 Å². The van der Waals surface area contributed by atoms with Gasteiger partial charge >= 0.3 is 12.1 Å². The van der Waals surface area contributed by atoms with Gasteiger partial charge in [0.05, 0.1) is 12.5 Å². The first kappa shape index (κ1) is 19.5. The van der Waals surface area contributed by atoms with E-state index in [4.69, 9.17) is 9.47 Å². The van der Waals surface area contributed by atoms with Crippen LogP contribution in [0.5, 0.6) is 0 Å². The number of nitrogens with zero attached hydrogens (tertiary/aromatic N) is 1. The molecule has 0 bridgehead atoms. The maximum atomic E-state index is 13.5. The van der Waals surface area contributed by atoms with E-state index in [1.165, 1.54) is 18.9 Å². The van der Waals surface area contributed by atoms with Crippen molar-refractivity contribution in [2.75, 3.05) is 12.9 Å². The van der Waals surface area contributed by atoms with Gasteiger partial charge in [-0.15, -0.1) is 11.8 Å². The molecule has 2 fully saturated rings. The highest BCUT2D eigenvalue weighted by atomic mass is 32.2. The summed E-state index contributed by atoms with van der Waals surface area (Å²) in [5.41, 5.74) is -1.30. The number of carbonyl (C=O) groups is 3. The van der Waals surface area contributed by atoms with E-state index in [0.29, 0.717) is 17.7 Å². The van der Waals surface area contributed by atoms with Crippen LogP contribution in [0.25, 0.3) is 0 Å². The molecule has 7 nitrogen and oxygen atoms in total. The van der Waals surface area contributed by atoms with Crippen molar-refractivity contribution in [1.29, 1.82) is 0 Å². The number of hydrogen-bond acceptors (Lipinski definition) is 6. The summed E-state index contributed by atoms with van der Waals surface area (Å²) in [5.74, 6) is -0.273. The molecular weight excluding hydrogens is 368 g/mol. The predicted molar refractivity (Wildman–Crippen MR) is 101 cm³/mol. The maximum absolute atomic E-state index is 13.5. The maximum Gasteiger partial charge on any atom is 0.408 e. The molecule has 0 aromatic heterocycles. The largest absolute Gasteiger partial charge is 0.467 e. The van der Waals surface area contributed by atoms with Crippen LogP contribution < -0.4 is 5.32 Å². The fraction of sp³-hybridized carbons (Fsp3) is 0.526. The lowest BCUT2D eigenvalue weighted by Crippen LogP contribution is -2.54. The molecule has 0 unspecified atom stereocenters. The number of amides is 2. The SMILES string of the molecule is COC(=O)[C@@H]1CS[C@H]2C[C@](NC(=O)OC(C)(C)C)(c3ccccc3)C(=O)N21. The number of thioether (sulfide) groups is 1. The third-order valence-corrected chi connectivity index (χ3v) is 5.91. The van der Waals surface area contributed by atoms with Gasteiger partial charge in [0.1, 0.15) is 11.6 Å². The van der Waals surface area contributed by atoms with Crippen LogP contribution in [0.15, 0.2) is 30.3 Å². The average molecular weight is 392 g/mol. The number of alkyl carbamates (subject to hydrolysis) is 1. The number of rotatable bonds is 3. The highest BCUT2D eigenvalue weighted by molar-refractivity contribution is 8.00. The number of carbonyl (C=O) groups excluding carboxylic acids is 3. The van der Waals surface area contributed by atoms with Crippen LogP contribution in [0.1, 0.15) is 32.8 Å². The lowest BCUT2D eigenvalue weighted by molar-refractivity contribution is -0.151. The molecule has 2 amide bonds. The summed E-state index contributed by atoms with van der Waals surface area (Å²) >= 11 is 1.52. The van der Waals surface area contributed by atoms with Crippen LogP contribution in [0.2, 0.25) is 0 Å². The average Bonchev–Trinajstić information content (AvgIpc) is 3.12. The van der Waals surface area contributed by atoms with Crippen molar-refractivity contribution in [3.05, 3.63) is 35.9 Å². The van der Waals surface area contributed by atoms with Crippen LogP contribution in [-0.4, -0.2) is 52.7 Å². The van der Waals surface area contributed by atoms with Gasteiger partial charge in [-0.3, -0.25) is 4.79 Å². The number of esters is 1. The molecule has 1 N–H and O–H groups in total. The van der Waals surface area contributed by atoms with Crippen molar-refractivity contribution in [2.45, 2.75) is 49.7 Å². The molecule has 3 atom stereocenters. The van der Waals surface area contributed by atoms with E-state index in [9.17, 15) is 14.4 Å². The molecule has 2 saturated heterocycles. The molecule has 3 rings (SSSR count). The molecular formula is C19H24N2O5S. The van der Waals surface area contributed by atoms with Crippen molar-refractivity contribution in [1.82, 2.24) is 10.2 Å². The second-order valence-corrected chi connectivity index (χ2v) is 8.85. The van der Waals surface area contributed by atoms with Gasteiger partial charge in [0.25, 0.3) is 5.91 Å². The molecule has 0 aliphatic carbocycles. The quantitative estimate of drug-likeness (QED) is 0.795. The van der Waals surface area contributed by atoms with Crippen LogP contribution in [-0.2, 0) is 24.6 Å². The zero-order valence-corrected chi connectivity index (χ0v) is 16.7. The summed E-state index contributed by atoms with van der Waals surface area (Å²) < 4.78 is 10.2. The van der Waals surface area contributed by atoms with Crippen molar-refractivity contribution >= 4 is 29.7 Å². The zero-order valence-electron chi connectivity index (χ0n) is 15.9. The number of nitrogens with one attached hydrogen (secondary N) is 1. The van der Waals surface area contributed by atoms with Crippen LogP contribution in [0.4, 0.5) is 4.79 Å². The van der Waals surface area contributed by atoms with Crippen molar-refractivity contribution in [2.24, 2.45) is 0 Å². The van der Waals surface area contributed by atoms with E-state index < -0.39 is 29.2 Å². The van der Waals surface area contributed by atoms with Gasteiger partial charge in [-0.1, -0.05) is 30.3 Å². The topological polar surface area (TPSA) is 84.9 Å². The van der Waals surface area contributed by atoms with Gasteiger partial charge in [0.15, 0.2) is 5.54 Å². The molecule has 1 aromatic rings. The second-order valence-electron chi connectivity index (χ2n) is 7.64. The number of methoxy groups -OCH3 is 1. The fourth-order valence-electron chi connectivity index (χ4n) is 3.50. The summed E-state index contributed by atoms with van der Waals surface area (Å²) in [4.78, 5) is 39.7. The number of hydrogen-bond donors (Lipinski definition) is 1. The number of ether oxygens (including phenoxy) is 2. The second kappa shape index (κ2) is 7.07. The third kappa shape index (κ3) is 3.63. The Bertz CT molecular complexity index is 748. The van der Waals surface area contributed by atoms with Gasteiger partial charge in [0.2, 0.25) is 0 Å². The van der Waals surface area contributed by atoms with Crippen molar-refractivity contribution < 1.29 is 23.9 Å². The molecule has 0 spiro atoms. The smallest absolute Gasteiger partial charge is 0.408 e. The Morgan fingerprint density at radius 2 is 1.93 bits per heavy atom. The van der Waals surface area contributed by atoms with Crippen LogP contribution >= 0.6 is 11.8 Å². The minimum atomic E-state index is -1.27. The highest BCUT2D eigenvalue weighted by Crippen LogP contribution is 2.46. The van der Waals surface area contributed by atoms with Crippen LogP contribution in [0, 0.1) is 0 Å². The first-order valence-electron chi connectivity index (χ1n) is 8.77. The molecule has 2 aliphatic heterocycles.